The smallest absolute Gasteiger partial charge is 0.207 e. The van der Waals surface area contributed by atoms with Crippen LogP contribution < -0.4 is 0 Å². The van der Waals surface area contributed by atoms with Crippen molar-refractivity contribution < 1.29 is 8.42 Å². The van der Waals surface area contributed by atoms with Crippen LogP contribution in [0.5, 0.6) is 0 Å². The normalized spacial score (nSPS) is 13.8. The third kappa shape index (κ3) is 3.72. The molecule has 0 saturated heterocycles. The molecule has 1 aromatic carbocycles. The maximum Gasteiger partial charge on any atom is 0.244 e. The first-order valence-corrected chi connectivity index (χ1v) is 9.01. The molecule has 0 aliphatic heterocycles. The first-order valence-electron chi connectivity index (χ1n) is 6.24. The largest absolute Gasteiger partial charge is 0.244 e. The Bertz CT molecular complexity index is 533. The number of nitrogens with zero attached hydrogens (tertiary/aromatic N) is 1. The maximum atomic E-state index is 12.7. The van der Waals surface area contributed by atoms with Gasteiger partial charge in [-0.1, -0.05) is 19.9 Å². The van der Waals surface area contributed by atoms with Crippen molar-refractivity contribution in [2.75, 3.05) is 6.54 Å². The summed E-state index contributed by atoms with van der Waals surface area (Å²) >= 11 is 9.10. The molecule has 0 aromatic heterocycles. The van der Waals surface area contributed by atoms with Gasteiger partial charge in [-0.25, -0.2) is 8.42 Å². The van der Waals surface area contributed by atoms with E-state index in [1.807, 2.05) is 26.8 Å². The van der Waals surface area contributed by atoms with Gasteiger partial charge < -0.3 is 0 Å². The average Bonchev–Trinajstić information content (AvgIpc) is 2.39. The Morgan fingerprint density at radius 2 is 2.00 bits per heavy atom. The van der Waals surface area contributed by atoms with Crippen LogP contribution in [0.15, 0.2) is 27.6 Å². The SMILES string of the molecule is CCC(C)N(CC)S(=O)(=O)c1cc(CCl)ccc1Br. The molecule has 19 heavy (non-hydrogen) atoms. The topological polar surface area (TPSA) is 37.4 Å². The van der Waals surface area contributed by atoms with E-state index in [4.69, 9.17) is 11.6 Å². The van der Waals surface area contributed by atoms with Crippen LogP contribution in [0.1, 0.15) is 32.8 Å². The number of hydrogen-bond donors (Lipinski definition) is 0. The first-order chi connectivity index (χ1) is 8.88. The van der Waals surface area contributed by atoms with E-state index < -0.39 is 10.0 Å². The molecule has 0 saturated carbocycles. The van der Waals surface area contributed by atoms with Crippen molar-refractivity contribution in [3.63, 3.8) is 0 Å². The summed E-state index contributed by atoms with van der Waals surface area (Å²) in [4.78, 5) is 0.285. The molecule has 3 nitrogen and oxygen atoms in total. The molecule has 0 fully saturated rings. The lowest BCUT2D eigenvalue weighted by Crippen LogP contribution is -2.38. The Morgan fingerprint density at radius 1 is 1.37 bits per heavy atom. The Hall–Kier alpha value is -0.100. The lowest BCUT2D eigenvalue weighted by atomic mass is 10.2. The van der Waals surface area contributed by atoms with E-state index >= 15 is 0 Å². The Balaban J connectivity index is 3.33. The summed E-state index contributed by atoms with van der Waals surface area (Å²) < 4.78 is 27.5. The van der Waals surface area contributed by atoms with Gasteiger partial charge in [0, 0.05) is 22.9 Å². The van der Waals surface area contributed by atoms with Crippen LogP contribution in [0.2, 0.25) is 0 Å². The monoisotopic (exact) mass is 367 g/mol. The highest BCUT2D eigenvalue weighted by Crippen LogP contribution is 2.28. The van der Waals surface area contributed by atoms with Crippen molar-refractivity contribution in [1.29, 1.82) is 0 Å². The van der Waals surface area contributed by atoms with Gasteiger partial charge in [-0.2, -0.15) is 4.31 Å². The fourth-order valence-corrected chi connectivity index (χ4v) is 4.73. The van der Waals surface area contributed by atoms with Gasteiger partial charge in [0.2, 0.25) is 10.0 Å². The molecular weight excluding hydrogens is 350 g/mol. The van der Waals surface area contributed by atoms with Crippen LogP contribution in [0.4, 0.5) is 0 Å². The van der Waals surface area contributed by atoms with E-state index in [0.29, 0.717) is 16.9 Å². The van der Waals surface area contributed by atoms with Gasteiger partial charge in [0.05, 0.1) is 4.90 Å². The van der Waals surface area contributed by atoms with Crippen molar-refractivity contribution in [2.45, 2.75) is 44.0 Å². The summed E-state index contributed by atoms with van der Waals surface area (Å²) in [5.41, 5.74) is 0.795. The first kappa shape index (κ1) is 17.0. The zero-order valence-electron chi connectivity index (χ0n) is 11.4. The molecule has 0 heterocycles. The van der Waals surface area contributed by atoms with E-state index in [2.05, 4.69) is 15.9 Å². The van der Waals surface area contributed by atoms with Gasteiger partial charge >= 0.3 is 0 Å². The Labute approximate surface area is 129 Å². The number of hydrogen-bond acceptors (Lipinski definition) is 2. The van der Waals surface area contributed by atoms with Crippen LogP contribution in [-0.4, -0.2) is 25.3 Å². The van der Waals surface area contributed by atoms with Gasteiger partial charge in [-0.05, 0) is 47.0 Å². The Kier molecular flexibility index (Phi) is 6.30. The molecule has 0 bridgehead atoms. The number of halogens is 2. The summed E-state index contributed by atoms with van der Waals surface area (Å²) in [7, 11) is -3.50. The summed E-state index contributed by atoms with van der Waals surface area (Å²) in [5.74, 6) is 0.297. The summed E-state index contributed by atoms with van der Waals surface area (Å²) in [5, 5.41) is 0. The summed E-state index contributed by atoms with van der Waals surface area (Å²) in [6.45, 7) is 6.20. The van der Waals surface area contributed by atoms with E-state index in [0.717, 1.165) is 12.0 Å². The fraction of sp³-hybridized carbons (Fsp3) is 0.538. The van der Waals surface area contributed by atoms with E-state index in [1.54, 1.807) is 12.1 Å². The molecule has 0 amide bonds. The lowest BCUT2D eigenvalue weighted by Gasteiger charge is -2.27. The average molecular weight is 369 g/mol. The molecule has 6 heteroatoms. The zero-order chi connectivity index (χ0) is 14.6. The molecule has 108 valence electrons. The molecule has 0 spiro atoms. The molecule has 0 aliphatic carbocycles. The Morgan fingerprint density at radius 3 is 2.47 bits per heavy atom. The molecule has 1 atom stereocenters. The van der Waals surface area contributed by atoms with E-state index in [1.165, 1.54) is 4.31 Å². The standard InChI is InChI=1S/C13H19BrClNO2S/c1-4-10(3)16(5-2)19(17,18)13-8-11(9-15)6-7-12(13)14/h6-8,10H,4-5,9H2,1-3H3. The van der Waals surface area contributed by atoms with Crippen LogP contribution >= 0.6 is 27.5 Å². The lowest BCUT2D eigenvalue weighted by molar-refractivity contribution is 0.342. The quantitative estimate of drug-likeness (QED) is 0.712. The van der Waals surface area contributed by atoms with Crippen LogP contribution in [0.25, 0.3) is 0 Å². The summed E-state index contributed by atoms with van der Waals surface area (Å²) in [6.07, 6.45) is 0.778. The van der Waals surface area contributed by atoms with Crippen LogP contribution in [0.3, 0.4) is 0 Å². The number of benzene rings is 1. The molecule has 0 aliphatic rings. The highest BCUT2D eigenvalue weighted by atomic mass is 79.9. The predicted molar refractivity (Wildman–Crippen MR) is 83.0 cm³/mol. The molecule has 0 N–H and O–H groups in total. The second kappa shape index (κ2) is 7.07. The van der Waals surface area contributed by atoms with Crippen LogP contribution in [-0.2, 0) is 15.9 Å². The second-order valence-electron chi connectivity index (χ2n) is 4.36. The molecule has 1 aromatic rings. The third-order valence-electron chi connectivity index (χ3n) is 3.13. The fourth-order valence-electron chi connectivity index (χ4n) is 1.88. The molecular formula is C13H19BrClNO2S. The van der Waals surface area contributed by atoms with E-state index in [-0.39, 0.29) is 10.9 Å². The third-order valence-corrected chi connectivity index (χ3v) is 6.52. The predicted octanol–water partition coefficient (Wildman–Crippen LogP) is 4.00. The van der Waals surface area contributed by atoms with Gasteiger partial charge in [-0.3, -0.25) is 0 Å². The zero-order valence-corrected chi connectivity index (χ0v) is 14.5. The number of sulfonamides is 1. The molecule has 1 rings (SSSR count). The van der Waals surface area contributed by atoms with Gasteiger partial charge in [0.15, 0.2) is 0 Å². The minimum Gasteiger partial charge on any atom is -0.207 e. The molecule has 1 unspecified atom stereocenters. The van der Waals surface area contributed by atoms with Crippen LogP contribution in [0, 0.1) is 0 Å². The van der Waals surface area contributed by atoms with E-state index in [9.17, 15) is 8.42 Å². The van der Waals surface area contributed by atoms with Gasteiger partial charge in [0.25, 0.3) is 0 Å². The van der Waals surface area contributed by atoms with Crippen molar-refractivity contribution in [1.82, 2.24) is 4.31 Å². The van der Waals surface area contributed by atoms with Gasteiger partial charge in [0.1, 0.15) is 0 Å². The number of rotatable bonds is 6. The minimum atomic E-state index is -3.50. The number of alkyl halides is 1. The minimum absolute atomic E-state index is 0.0263. The van der Waals surface area contributed by atoms with Crippen molar-refractivity contribution in [3.8, 4) is 0 Å². The summed E-state index contributed by atoms with van der Waals surface area (Å²) in [6, 6.07) is 5.16. The second-order valence-corrected chi connectivity index (χ2v) is 7.34. The van der Waals surface area contributed by atoms with Crippen molar-refractivity contribution in [2.24, 2.45) is 0 Å². The van der Waals surface area contributed by atoms with Crippen molar-refractivity contribution >= 4 is 37.6 Å². The maximum absolute atomic E-state index is 12.7. The molecule has 0 radical (unpaired) electrons. The van der Waals surface area contributed by atoms with Crippen molar-refractivity contribution in [3.05, 3.63) is 28.2 Å². The van der Waals surface area contributed by atoms with Gasteiger partial charge in [-0.15, -0.1) is 11.6 Å². The highest BCUT2D eigenvalue weighted by Gasteiger charge is 2.28. The highest BCUT2D eigenvalue weighted by molar-refractivity contribution is 9.10.